The maximum Gasteiger partial charge on any atom is 0.229 e. The molecule has 100 valence electrons. The lowest BCUT2D eigenvalue weighted by Gasteiger charge is -2.20. The van der Waals surface area contributed by atoms with E-state index in [0.717, 1.165) is 16.3 Å². The van der Waals surface area contributed by atoms with Gasteiger partial charge in [-0.15, -0.1) is 0 Å². The Balaban J connectivity index is 2.43. The lowest BCUT2D eigenvalue weighted by Crippen LogP contribution is -2.22. The lowest BCUT2D eigenvalue weighted by atomic mass is 9.85. The molecule has 3 heteroatoms. The molecule has 0 spiro atoms. The summed E-state index contributed by atoms with van der Waals surface area (Å²) in [5, 5.41) is 1.80. The van der Waals surface area contributed by atoms with Gasteiger partial charge in [0.1, 0.15) is 0 Å². The second-order valence-electron chi connectivity index (χ2n) is 4.97. The minimum Gasteiger partial charge on any atom is -0.492 e. The van der Waals surface area contributed by atoms with Crippen LogP contribution in [0.1, 0.15) is 33.2 Å². The van der Waals surface area contributed by atoms with Gasteiger partial charge in [0, 0.05) is 16.7 Å². The van der Waals surface area contributed by atoms with Gasteiger partial charge in [0.2, 0.25) is 5.78 Å². The Morgan fingerprint density at radius 2 is 1.65 bits per heavy atom. The number of carbonyl (C=O) groups is 2. The summed E-state index contributed by atoms with van der Waals surface area (Å²) in [5.41, 5.74) is 2.37. The Labute approximate surface area is 116 Å². The van der Waals surface area contributed by atoms with Gasteiger partial charge in [-0.2, -0.15) is 0 Å². The Hall–Kier alpha value is -2.42. The van der Waals surface area contributed by atoms with Gasteiger partial charge in [-0.05, 0) is 36.2 Å². The minimum absolute atomic E-state index is 0.139. The van der Waals surface area contributed by atoms with Crippen molar-refractivity contribution in [3.8, 4) is 0 Å². The number of benzene rings is 2. The van der Waals surface area contributed by atoms with Gasteiger partial charge in [-0.3, -0.25) is 9.59 Å². The normalized spacial score (nSPS) is 14.8. The van der Waals surface area contributed by atoms with Crippen molar-refractivity contribution in [3.05, 3.63) is 58.4 Å². The van der Waals surface area contributed by atoms with Crippen LogP contribution < -0.4 is 0 Å². The summed E-state index contributed by atoms with van der Waals surface area (Å²) < 4.78 is 5.13. The highest BCUT2D eigenvalue weighted by Crippen LogP contribution is 2.33. The van der Waals surface area contributed by atoms with E-state index in [1.807, 2.05) is 31.2 Å². The van der Waals surface area contributed by atoms with E-state index in [-0.39, 0.29) is 17.3 Å². The second kappa shape index (κ2) is 4.30. The quantitative estimate of drug-likeness (QED) is 0.794. The summed E-state index contributed by atoms with van der Waals surface area (Å²) in [6.45, 7) is 3.62. The molecule has 0 saturated heterocycles. The second-order valence-corrected chi connectivity index (χ2v) is 4.97. The van der Waals surface area contributed by atoms with Gasteiger partial charge in [0.15, 0.2) is 11.5 Å². The number of hydrogen-bond donors (Lipinski definition) is 0. The molecule has 3 rings (SSSR count). The van der Waals surface area contributed by atoms with Crippen LogP contribution in [0.4, 0.5) is 0 Å². The highest BCUT2D eigenvalue weighted by molar-refractivity contribution is 6.30. The molecule has 0 aliphatic heterocycles. The molecule has 0 unspecified atom stereocenters. The fraction of sp³-hybridized carbons (Fsp3) is 0.176. The number of aryl methyl sites for hydroxylation is 1. The van der Waals surface area contributed by atoms with Crippen LogP contribution in [0, 0.1) is 6.92 Å². The van der Waals surface area contributed by atoms with E-state index in [2.05, 4.69) is 0 Å². The first-order valence-corrected chi connectivity index (χ1v) is 6.43. The number of ketones is 2. The average Bonchev–Trinajstić information content (AvgIpc) is 2.45. The van der Waals surface area contributed by atoms with E-state index in [1.165, 1.54) is 7.11 Å². The highest BCUT2D eigenvalue weighted by atomic mass is 16.5. The van der Waals surface area contributed by atoms with E-state index in [9.17, 15) is 9.59 Å². The predicted molar refractivity (Wildman–Crippen MR) is 77.1 cm³/mol. The zero-order valence-corrected chi connectivity index (χ0v) is 11.6. The lowest BCUT2D eigenvalue weighted by molar-refractivity contribution is 0.0908. The Morgan fingerprint density at radius 1 is 0.900 bits per heavy atom. The third-order valence-corrected chi connectivity index (χ3v) is 3.84. The highest BCUT2D eigenvalue weighted by Gasteiger charge is 2.32. The van der Waals surface area contributed by atoms with E-state index in [4.69, 9.17) is 4.74 Å². The van der Waals surface area contributed by atoms with E-state index >= 15 is 0 Å². The fourth-order valence-corrected chi connectivity index (χ4v) is 2.78. The van der Waals surface area contributed by atoms with Crippen molar-refractivity contribution < 1.29 is 14.3 Å². The number of hydrogen-bond acceptors (Lipinski definition) is 3. The van der Waals surface area contributed by atoms with Crippen molar-refractivity contribution in [1.82, 2.24) is 0 Å². The molecule has 0 amide bonds. The average molecular weight is 266 g/mol. The number of ether oxygens (including phenoxy) is 1. The molecule has 3 nitrogen and oxygen atoms in total. The smallest absolute Gasteiger partial charge is 0.229 e. The third-order valence-electron chi connectivity index (χ3n) is 3.84. The Bertz CT molecular complexity index is 797. The van der Waals surface area contributed by atoms with Crippen LogP contribution in [-0.2, 0) is 4.74 Å². The maximum atomic E-state index is 12.6. The third kappa shape index (κ3) is 1.53. The molecular weight excluding hydrogens is 252 g/mol. The molecule has 0 aromatic heterocycles. The molecule has 0 atom stereocenters. The summed E-state index contributed by atoms with van der Waals surface area (Å²) in [6.07, 6.45) is 0. The molecule has 1 aliphatic carbocycles. The van der Waals surface area contributed by atoms with Crippen LogP contribution in [0.15, 0.2) is 41.7 Å². The van der Waals surface area contributed by atoms with Gasteiger partial charge < -0.3 is 4.74 Å². The molecular formula is C17H14O3. The van der Waals surface area contributed by atoms with Crippen LogP contribution in [0.2, 0.25) is 0 Å². The van der Waals surface area contributed by atoms with Crippen LogP contribution in [0.25, 0.3) is 10.8 Å². The van der Waals surface area contributed by atoms with Crippen LogP contribution in [-0.4, -0.2) is 18.7 Å². The zero-order chi connectivity index (χ0) is 14.4. The van der Waals surface area contributed by atoms with Crippen LogP contribution in [0.3, 0.4) is 0 Å². The molecule has 0 saturated carbocycles. The van der Waals surface area contributed by atoms with E-state index in [0.29, 0.717) is 16.7 Å². The molecule has 0 bridgehead atoms. The molecule has 0 N–H and O–H groups in total. The molecule has 2 aromatic rings. The van der Waals surface area contributed by atoms with Crippen LogP contribution >= 0.6 is 0 Å². The SMILES string of the molecule is COC1=C(C)C(=O)c2ccc3c(C)cccc3c2C1=O. The van der Waals surface area contributed by atoms with Crippen molar-refractivity contribution in [2.75, 3.05) is 7.11 Å². The molecule has 0 radical (unpaired) electrons. The number of carbonyl (C=O) groups excluding carboxylic acids is 2. The van der Waals surface area contributed by atoms with Gasteiger partial charge in [0.25, 0.3) is 0 Å². The number of methoxy groups -OCH3 is 1. The predicted octanol–water partition coefficient (Wildman–Crippen LogP) is 3.45. The van der Waals surface area contributed by atoms with E-state index in [1.54, 1.807) is 13.0 Å². The molecule has 0 fully saturated rings. The van der Waals surface area contributed by atoms with Gasteiger partial charge >= 0.3 is 0 Å². The first kappa shape index (κ1) is 12.6. The van der Waals surface area contributed by atoms with Gasteiger partial charge in [-0.25, -0.2) is 0 Å². The summed E-state index contributed by atoms with van der Waals surface area (Å²) in [7, 11) is 1.42. The fourth-order valence-electron chi connectivity index (χ4n) is 2.78. The minimum atomic E-state index is -0.212. The summed E-state index contributed by atoms with van der Waals surface area (Å²) in [5.74, 6) is -0.202. The van der Waals surface area contributed by atoms with Crippen molar-refractivity contribution in [2.24, 2.45) is 0 Å². The number of Topliss-reactive ketones (excluding diaryl/α,β-unsaturated/α-hetero) is 2. The summed E-state index contributed by atoms with van der Waals surface area (Å²) in [4.78, 5) is 25.0. The van der Waals surface area contributed by atoms with Gasteiger partial charge in [-0.1, -0.05) is 24.3 Å². The largest absolute Gasteiger partial charge is 0.492 e. The molecule has 1 aliphatic rings. The van der Waals surface area contributed by atoms with Crippen molar-refractivity contribution >= 4 is 22.3 Å². The summed E-state index contributed by atoms with van der Waals surface area (Å²) in [6, 6.07) is 9.40. The molecule has 0 heterocycles. The topological polar surface area (TPSA) is 43.4 Å². The number of allylic oxidation sites excluding steroid dienone is 2. The number of rotatable bonds is 1. The van der Waals surface area contributed by atoms with Crippen molar-refractivity contribution in [3.63, 3.8) is 0 Å². The number of fused-ring (bicyclic) bond motifs is 3. The molecule has 2 aromatic carbocycles. The zero-order valence-electron chi connectivity index (χ0n) is 11.6. The summed E-state index contributed by atoms with van der Waals surface area (Å²) >= 11 is 0. The first-order valence-electron chi connectivity index (χ1n) is 6.43. The maximum absolute atomic E-state index is 12.6. The van der Waals surface area contributed by atoms with Crippen LogP contribution in [0.5, 0.6) is 0 Å². The molecule has 20 heavy (non-hydrogen) atoms. The Kier molecular flexibility index (Phi) is 2.71. The van der Waals surface area contributed by atoms with Crippen molar-refractivity contribution in [1.29, 1.82) is 0 Å². The standard InChI is InChI=1S/C17H14O3/c1-9-5-4-6-12-11(9)7-8-13-14(12)16(19)17(20-3)10(2)15(13)18/h4-8H,1-3H3. The first-order chi connectivity index (χ1) is 9.56. The monoisotopic (exact) mass is 266 g/mol. The van der Waals surface area contributed by atoms with Crippen molar-refractivity contribution in [2.45, 2.75) is 13.8 Å². The Morgan fingerprint density at radius 3 is 2.35 bits per heavy atom. The van der Waals surface area contributed by atoms with E-state index < -0.39 is 0 Å². The van der Waals surface area contributed by atoms with Gasteiger partial charge in [0.05, 0.1) is 7.11 Å².